The molecule has 1 aromatic carbocycles. The van der Waals surface area contributed by atoms with Crippen LogP contribution in [0.3, 0.4) is 0 Å². The molecule has 12 heteroatoms. The number of aromatic amines is 1. The molecule has 188 valence electrons. The molecule has 0 saturated heterocycles. The smallest absolute Gasteiger partial charge is 0.438 e. The molecule has 0 fully saturated rings. The number of halogens is 2. The lowest BCUT2D eigenvalue weighted by atomic mass is 10.0. The van der Waals surface area contributed by atoms with E-state index < -0.39 is 17.5 Å². The fourth-order valence-corrected chi connectivity index (χ4v) is 3.96. The zero-order valence-electron chi connectivity index (χ0n) is 20.3. The SMILES string of the molecule is CC(C)c1cc(Cc2c(Cl)cc(N(Cc3noc(=O)[nH]3)C(=O)OC(C)(C)C)cc2Cl)nn(C)c1=O. The van der Waals surface area contributed by atoms with E-state index in [0.29, 0.717) is 22.5 Å². The molecule has 0 aliphatic heterocycles. The summed E-state index contributed by atoms with van der Waals surface area (Å²) >= 11 is 13.2. The first-order valence-electron chi connectivity index (χ1n) is 10.9. The van der Waals surface area contributed by atoms with Gasteiger partial charge in [0.2, 0.25) is 0 Å². The number of anilines is 1. The van der Waals surface area contributed by atoms with Gasteiger partial charge >= 0.3 is 11.8 Å². The minimum Gasteiger partial charge on any atom is -0.443 e. The van der Waals surface area contributed by atoms with E-state index in [1.807, 2.05) is 13.8 Å². The first-order valence-corrected chi connectivity index (χ1v) is 11.6. The molecule has 0 bridgehead atoms. The Kier molecular flexibility index (Phi) is 7.76. The van der Waals surface area contributed by atoms with Crippen LogP contribution in [0.25, 0.3) is 0 Å². The van der Waals surface area contributed by atoms with Gasteiger partial charge in [0.25, 0.3) is 5.56 Å². The second-order valence-corrected chi connectivity index (χ2v) is 10.2. The van der Waals surface area contributed by atoms with Crippen molar-refractivity contribution in [3.05, 3.63) is 71.8 Å². The summed E-state index contributed by atoms with van der Waals surface area (Å²) in [6, 6.07) is 4.88. The van der Waals surface area contributed by atoms with Gasteiger partial charge in [-0.3, -0.25) is 19.2 Å². The molecule has 3 aromatic rings. The third kappa shape index (κ3) is 6.52. The van der Waals surface area contributed by atoms with Gasteiger partial charge < -0.3 is 4.74 Å². The topological polar surface area (TPSA) is 123 Å². The Labute approximate surface area is 211 Å². The Morgan fingerprint density at radius 2 is 1.83 bits per heavy atom. The number of amides is 1. The first-order chi connectivity index (χ1) is 16.2. The Bertz CT molecular complexity index is 1330. The van der Waals surface area contributed by atoms with Crippen LogP contribution < -0.4 is 16.2 Å². The van der Waals surface area contributed by atoms with E-state index in [1.165, 1.54) is 9.58 Å². The lowest BCUT2D eigenvalue weighted by Crippen LogP contribution is -2.37. The molecule has 2 aromatic heterocycles. The molecule has 1 N–H and O–H groups in total. The highest BCUT2D eigenvalue weighted by Crippen LogP contribution is 2.33. The number of benzene rings is 1. The number of aryl methyl sites for hydroxylation is 1. The summed E-state index contributed by atoms with van der Waals surface area (Å²) in [6.07, 6.45) is -0.419. The van der Waals surface area contributed by atoms with Crippen molar-refractivity contribution in [1.82, 2.24) is 19.9 Å². The minimum atomic E-state index is -0.775. The zero-order valence-corrected chi connectivity index (χ0v) is 21.8. The van der Waals surface area contributed by atoms with Crippen LogP contribution in [0.2, 0.25) is 10.0 Å². The lowest BCUT2D eigenvalue weighted by Gasteiger charge is -2.27. The summed E-state index contributed by atoms with van der Waals surface area (Å²) < 4.78 is 11.3. The summed E-state index contributed by atoms with van der Waals surface area (Å²) in [4.78, 5) is 40.3. The van der Waals surface area contributed by atoms with E-state index in [9.17, 15) is 14.4 Å². The van der Waals surface area contributed by atoms with E-state index in [2.05, 4.69) is 19.8 Å². The first kappa shape index (κ1) is 26.5. The van der Waals surface area contributed by atoms with Gasteiger partial charge in [-0.1, -0.05) is 42.2 Å². The molecular formula is C23H27Cl2N5O5. The minimum absolute atomic E-state index is 0.0223. The fourth-order valence-electron chi connectivity index (χ4n) is 3.35. The Morgan fingerprint density at radius 3 is 2.34 bits per heavy atom. The van der Waals surface area contributed by atoms with Crippen LogP contribution in [0.5, 0.6) is 0 Å². The summed E-state index contributed by atoms with van der Waals surface area (Å²) in [5.74, 6) is -0.608. The number of hydrogen-bond donors (Lipinski definition) is 1. The largest absolute Gasteiger partial charge is 0.443 e. The average molecular weight is 524 g/mol. The molecule has 1 amide bonds. The highest BCUT2D eigenvalue weighted by Gasteiger charge is 2.26. The van der Waals surface area contributed by atoms with Crippen molar-refractivity contribution in [2.45, 2.75) is 59.1 Å². The number of hydrogen-bond acceptors (Lipinski definition) is 7. The molecule has 0 radical (unpaired) electrons. The fraction of sp³-hybridized carbons (Fsp3) is 0.435. The Hall–Kier alpha value is -3.11. The predicted molar refractivity (Wildman–Crippen MR) is 132 cm³/mol. The van der Waals surface area contributed by atoms with Crippen LogP contribution in [0.1, 0.15) is 63.2 Å². The monoisotopic (exact) mass is 523 g/mol. The maximum absolute atomic E-state index is 13.0. The maximum Gasteiger partial charge on any atom is 0.438 e. The number of carbonyl (C=O) groups is 1. The molecule has 0 unspecified atom stereocenters. The summed E-state index contributed by atoms with van der Waals surface area (Å²) in [5.41, 5.74) is 1.24. The molecule has 0 aliphatic rings. The van der Waals surface area contributed by atoms with Crippen molar-refractivity contribution in [2.24, 2.45) is 7.05 Å². The third-order valence-corrected chi connectivity index (χ3v) is 5.64. The normalized spacial score (nSPS) is 11.7. The summed E-state index contributed by atoms with van der Waals surface area (Å²) in [5, 5.41) is 8.53. The van der Waals surface area contributed by atoms with Gasteiger partial charge in [0, 0.05) is 29.1 Å². The van der Waals surface area contributed by atoms with E-state index >= 15 is 0 Å². The molecule has 3 rings (SSSR count). The van der Waals surface area contributed by atoms with Gasteiger partial charge in [0.15, 0.2) is 5.82 Å². The quantitative estimate of drug-likeness (QED) is 0.506. The van der Waals surface area contributed by atoms with E-state index in [4.69, 9.17) is 27.9 Å². The molecule has 2 heterocycles. The van der Waals surface area contributed by atoms with Gasteiger partial charge in [-0.05, 0) is 50.5 Å². The molecule has 10 nitrogen and oxygen atoms in total. The second-order valence-electron chi connectivity index (χ2n) is 9.35. The van der Waals surface area contributed by atoms with Gasteiger partial charge in [-0.2, -0.15) is 5.10 Å². The van der Waals surface area contributed by atoms with Gasteiger partial charge in [0.1, 0.15) is 5.60 Å². The standard InChI is InChI=1S/C23H27Cl2N5O5/c1-12(2)15-7-13(27-29(6)20(15)31)8-16-17(24)9-14(10-18(16)25)30(22(33)34-23(3,4)5)11-19-26-21(32)35-28-19/h7,9-10,12H,8,11H2,1-6H3,(H,26,28,32). The van der Waals surface area contributed by atoms with Crippen LogP contribution in [0.15, 0.2) is 32.3 Å². The van der Waals surface area contributed by atoms with E-state index in [1.54, 1.807) is 46.0 Å². The molecule has 0 spiro atoms. The number of nitrogens with one attached hydrogen (secondary N) is 1. The number of aromatic nitrogens is 4. The lowest BCUT2D eigenvalue weighted by molar-refractivity contribution is 0.0576. The summed E-state index contributed by atoms with van der Waals surface area (Å²) in [7, 11) is 1.59. The second kappa shape index (κ2) is 10.2. The number of H-pyrrole nitrogens is 1. The number of carbonyl (C=O) groups excluding carboxylic acids is 1. The van der Waals surface area contributed by atoms with Crippen LogP contribution in [0.4, 0.5) is 10.5 Å². The van der Waals surface area contributed by atoms with Crippen LogP contribution in [-0.2, 0) is 24.8 Å². The van der Waals surface area contributed by atoms with Crippen molar-refractivity contribution in [3.63, 3.8) is 0 Å². The number of ether oxygens (including phenoxy) is 1. The maximum atomic E-state index is 13.0. The van der Waals surface area contributed by atoms with Crippen LogP contribution in [0, 0.1) is 0 Å². The van der Waals surface area contributed by atoms with E-state index in [0.717, 1.165) is 0 Å². The molecule has 0 saturated carbocycles. The van der Waals surface area contributed by atoms with Crippen LogP contribution >= 0.6 is 23.2 Å². The number of rotatable bonds is 6. The van der Waals surface area contributed by atoms with Gasteiger partial charge in [-0.15, -0.1) is 0 Å². The van der Waals surface area contributed by atoms with Crippen molar-refractivity contribution in [2.75, 3.05) is 4.90 Å². The van der Waals surface area contributed by atoms with Gasteiger partial charge in [-0.25, -0.2) is 14.3 Å². The Balaban J connectivity index is 1.99. The zero-order chi connectivity index (χ0) is 26.1. The highest BCUT2D eigenvalue weighted by molar-refractivity contribution is 6.36. The predicted octanol–water partition coefficient (Wildman–Crippen LogP) is 4.42. The van der Waals surface area contributed by atoms with Crippen molar-refractivity contribution < 1.29 is 14.1 Å². The van der Waals surface area contributed by atoms with Crippen molar-refractivity contribution in [3.8, 4) is 0 Å². The van der Waals surface area contributed by atoms with Crippen molar-refractivity contribution >= 4 is 35.0 Å². The molecule has 0 aliphatic carbocycles. The Morgan fingerprint density at radius 1 is 1.20 bits per heavy atom. The van der Waals surface area contributed by atoms with E-state index in [-0.39, 0.29) is 40.3 Å². The number of nitrogens with zero attached hydrogens (tertiary/aromatic N) is 4. The molecular weight excluding hydrogens is 497 g/mol. The molecule has 35 heavy (non-hydrogen) atoms. The van der Waals surface area contributed by atoms with Crippen molar-refractivity contribution in [1.29, 1.82) is 0 Å². The average Bonchev–Trinajstić information content (AvgIpc) is 3.14. The van der Waals surface area contributed by atoms with Gasteiger partial charge in [0.05, 0.1) is 17.9 Å². The highest BCUT2D eigenvalue weighted by atomic mass is 35.5. The van der Waals surface area contributed by atoms with Crippen LogP contribution in [-0.4, -0.2) is 31.6 Å². The third-order valence-electron chi connectivity index (χ3n) is 4.97. The molecule has 0 atom stereocenters. The summed E-state index contributed by atoms with van der Waals surface area (Å²) in [6.45, 7) is 8.92.